The molecule has 1 aromatic rings. The molecular weight excluding hydrogens is 272 g/mol. The topological polar surface area (TPSA) is 32.3 Å². The van der Waals surface area contributed by atoms with E-state index in [1.165, 1.54) is 11.3 Å². The van der Waals surface area contributed by atoms with Gasteiger partial charge in [0.1, 0.15) is 0 Å². The number of benzene rings is 1. The Bertz CT molecular complexity index is 512. The maximum atomic E-state index is 12.9. The van der Waals surface area contributed by atoms with Crippen LogP contribution in [0.1, 0.15) is 50.5 Å². The van der Waals surface area contributed by atoms with Crippen LogP contribution in [0.2, 0.25) is 0 Å². The first kappa shape index (κ1) is 17.0. The number of hydrogen-bond donors (Lipinski definition) is 1. The average molecular weight is 302 g/mol. The number of rotatable bonds is 7. The Morgan fingerprint density at radius 1 is 1.14 bits per heavy atom. The van der Waals surface area contributed by atoms with E-state index in [-0.39, 0.29) is 11.8 Å². The molecule has 1 aromatic carbocycles. The molecule has 1 unspecified atom stereocenters. The number of hydrogen-bond acceptors (Lipinski definition) is 3. The van der Waals surface area contributed by atoms with Gasteiger partial charge in [0.15, 0.2) is 5.78 Å². The number of Topliss-reactive ketones (excluding diaryl/α,β-unsaturated/α-hetero) is 1. The first-order chi connectivity index (χ1) is 10.4. The predicted molar refractivity (Wildman–Crippen MR) is 93.7 cm³/mol. The number of fused-ring (bicyclic) bond motifs is 1. The summed E-state index contributed by atoms with van der Waals surface area (Å²) in [6.45, 7) is 13.8. The fourth-order valence-corrected chi connectivity index (χ4v) is 3.19. The molecule has 1 aliphatic heterocycles. The minimum absolute atomic E-state index is 0.0581. The van der Waals surface area contributed by atoms with Crippen molar-refractivity contribution in [3.05, 3.63) is 29.3 Å². The van der Waals surface area contributed by atoms with Crippen LogP contribution in [-0.2, 0) is 6.42 Å². The Hall–Kier alpha value is -1.35. The Labute approximate surface area is 135 Å². The summed E-state index contributed by atoms with van der Waals surface area (Å²) in [7, 11) is 0. The zero-order chi connectivity index (χ0) is 16.3. The van der Waals surface area contributed by atoms with Gasteiger partial charge >= 0.3 is 0 Å². The summed E-state index contributed by atoms with van der Waals surface area (Å²) in [5, 5.41) is 3.35. The number of carbonyl (C=O) groups is 1. The quantitative estimate of drug-likeness (QED) is 0.777. The molecule has 0 bridgehead atoms. The van der Waals surface area contributed by atoms with Crippen LogP contribution in [0.4, 0.5) is 5.69 Å². The van der Waals surface area contributed by atoms with E-state index in [2.05, 4.69) is 57.0 Å². The second kappa shape index (κ2) is 7.28. The normalized spacial score (nSPS) is 15.3. The Balaban J connectivity index is 2.14. The maximum Gasteiger partial charge on any atom is 0.179 e. The van der Waals surface area contributed by atoms with Crippen molar-refractivity contribution < 1.29 is 4.79 Å². The van der Waals surface area contributed by atoms with E-state index in [9.17, 15) is 4.79 Å². The number of carbonyl (C=O) groups excluding carboxylic acids is 1. The summed E-state index contributed by atoms with van der Waals surface area (Å²) >= 11 is 0. The third kappa shape index (κ3) is 4.10. The summed E-state index contributed by atoms with van der Waals surface area (Å²) in [4.78, 5) is 15.2. The van der Waals surface area contributed by atoms with Crippen LogP contribution in [0.25, 0.3) is 0 Å². The van der Waals surface area contributed by atoms with Gasteiger partial charge in [-0.05, 0) is 48.9 Å². The van der Waals surface area contributed by atoms with Crippen molar-refractivity contribution >= 4 is 11.5 Å². The molecule has 0 aliphatic carbocycles. The predicted octanol–water partition coefficient (Wildman–Crippen LogP) is 3.84. The highest BCUT2D eigenvalue weighted by Gasteiger charge is 2.24. The SMILES string of the molecule is CC(C)CN(CC(C)C)C(C)C(=O)c1ccc2c(c1)CCN2. The molecular formula is C19H30N2O. The van der Waals surface area contributed by atoms with E-state index in [1.807, 2.05) is 6.07 Å². The van der Waals surface area contributed by atoms with Gasteiger partial charge in [-0.2, -0.15) is 0 Å². The lowest BCUT2D eigenvalue weighted by Crippen LogP contribution is -2.43. The van der Waals surface area contributed by atoms with Crippen molar-refractivity contribution in [1.29, 1.82) is 0 Å². The van der Waals surface area contributed by atoms with Crippen LogP contribution in [-0.4, -0.2) is 36.4 Å². The molecule has 0 aromatic heterocycles. The second-order valence-electron chi connectivity index (χ2n) is 7.33. The molecule has 0 fully saturated rings. The smallest absolute Gasteiger partial charge is 0.179 e. The Morgan fingerprint density at radius 2 is 1.77 bits per heavy atom. The highest BCUT2D eigenvalue weighted by molar-refractivity contribution is 6.00. The minimum Gasteiger partial charge on any atom is -0.384 e. The van der Waals surface area contributed by atoms with Crippen LogP contribution >= 0.6 is 0 Å². The van der Waals surface area contributed by atoms with Gasteiger partial charge in [0, 0.05) is 30.9 Å². The van der Waals surface area contributed by atoms with Crippen molar-refractivity contribution in [2.75, 3.05) is 25.0 Å². The highest BCUT2D eigenvalue weighted by atomic mass is 16.1. The standard InChI is InChI=1S/C19H30N2O/c1-13(2)11-21(12-14(3)4)15(5)19(22)17-6-7-18-16(10-17)8-9-20-18/h6-7,10,13-15,20H,8-9,11-12H2,1-5H3. The van der Waals surface area contributed by atoms with Crippen molar-refractivity contribution in [2.24, 2.45) is 11.8 Å². The van der Waals surface area contributed by atoms with Gasteiger partial charge in [0.05, 0.1) is 6.04 Å². The van der Waals surface area contributed by atoms with Gasteiger partial charge in [-0.25, -0.2) is 0 Å². The summed E-state index contributed by atoms with van der Waals surface area (Å²) in [6.07, 6.45) is 1.02. The lowest BCUT2D eigenvalue weighted by atomic mass is 9.99. The van der Waals surface area contributed by atoms with E-state index in [1.54, 1.807) is 0 Å². The molecule has 1 aliphatic rings. The van der Waals surface area contributed by atoms with Gasteiger partial charge in [0.2, 0.25) is 0 Å². The lowest BCUT2D eigenvalue weighted by molar-refractivity contribution is 0.0801. The molecule has 122 valence electrons. The molecule has 2 rings (SSSR count). The molecule has 1 atom stereocenters. The Kier molecular flexibility index (Phi) is 5.63. The maximum absolute atomic E-state index is 12.9. The fourth-order valence-electron chi connectivity index (χ4n) is 3.19. The molecule has 1 N–H and O–H groups in total. The summed E-state index contributed by atoms with van der Waals surface area (Å²) in [6, 6.07) is 6.05. The molecule has 0 saturated carbocycles. The second-order valence-corrected chi connectivity index (χ2v) is 7.33. The van der Waals surface area contributed by atoms with Gasteiger partial charge in [-0.3, -0.25) is 9.69 Å². The van der Waals surface area contributed by atoms with Gasteiger partial charge in [-0.15, -0.1) is 0 Å². The van der Waals surface area contributed by atoms with Crippen molar-refractivity contribution in [3.8, 4) is 0 Å². The van der Waals surface area contributed by atoms with Crippen molar-refractivity contribution in [2.45, 2.75) is 47.1 Å². The summed E-state index contributed by atoms with van der Waals surface area (Å²) < 4.78 is 0. The fraction of sp³-hybridized carbons (Fsp3) is 0.632. The van der Waals surface area contributed by atoms with Crippen LogP contribution in [0, 0.1) is 11.8 Å². The first-order valence-electron chi connectivity index (χ1n) is 8.53. The van der Waals surface area contributed by atoms with Crippen LogP contribution < -0.4 is 5.32 Å². The first-order valence-corrected chi connectivity index (χ1v) is 8.53. The molecule has 0 saturated heterocycles. The number of nitrogens with one attached hydrogen (secondary N) is 1. The zero-order valence-corrected chi connectivity index (χ0v) is 14.6. The van der Waals surface area contributed by atoms with E-state index >= 15 is 0 Å². The van der Waals surface area contributed by atoms with E-state index in [4.69, 9.17) is 0 Å². The van der Waals surface area contributed by atoms with Crippen molar-refractivity contribution in [1.82, 2.24) is 4.90 Å². The third-order valence-electron chi connectivity index (χ3n) is 4.23. The molecule has 0 spiro atoms. The molecule has 1 heterocycles. The van der Waals surface area contributed by atoms with E-state index in [0.29, 0.717) is 11.8 Å². The van der Waals surface area contributed by atoms with Crippen molar-refractivity contribution in [3.63, 3.8) is 0 Å². The summed E-state index contributed by atoms with van der Waals surface area (Å²) in [5.41, 5.74) is 3.32. The minimum atomic E-state index is -0.0581. The monoisotopic (exact) mass is 302 g/mol. The number of anilines is 1. The third-order valence-corrected chi connectivity index (χ3v) is 4.23. The Morgan fingerprint density at radius 3 is 2.36 bits per heavy atom. The van der Waals surface area contributed by atoms with Gasteiger partial charge in [-0.1, -0.05) is 27.7 Å². The largest absolute Gasteiger partial charge is 0.384 e. The number of ketones is 1. The average Bonchev–Trinajstić information content (AvgIpc) is 2.91. The van der Waals surface area contributed by atoms with Gasteiger partial charge < -0.3 is 5.32 Å². The molecule has 3 nitrogen and oxygen atoms in total. The lowest BCUT2D eigenvalue weighted by Gasteiger charge is -2.31. The molecule has 0 radical (unpaired) electrons. The van der Waals surface area contributed by atoms with Crippen LogP contribution in [0.15, 0.2) is 18.2 Å². The summed E-state index contributed by atoms with van der Waals surface area (Å²) in [5.74, 6) is 1.38. The van der Waals surface area contributed by atoms with Crippen LogP contribution in [0.3, 0.4) is 0 Å². The number of nitrogens with zero attached hydrogens (tertiary/aromatic N) is 1. The van der Waals surface area contributed by atoms with Gasteiger partial charge in [0.25, 0.3) is 0 Å². The van der Waals surface area contributed by atoms with E-state index < -0.39 is 0 Å². The van der Waals surface area contributed by atoms with E-state index in [0.717, 1.165) is 31.6 Å². The highest BCUT2D eigenvalue weighted by Crippen LogP contribution is 2.24. The molecule has 3 heteroatoms. The zero-order valence-electron chi connectivity index (χ0n) is 14.6. The molecule has 0 amide bonds. The molecule has 22 heavy (non-hydrogen) atoms. The van der Waals surface area contributed by atoms with Crippen LogP contribution in [0.5, 0.6) is 0 Å².